The van der Waals surface area contributed by atoms with Crippen LogP contribution in [-0.4, -0.2) is 33.2 Å². The summed E-state index contributed by atoms with van der Waals surface area (Å²) in [7, 11) is 6.07. The Hall–Kier alpha value is -0.120. The van der Waals surface area contributed by atoms with Gasteiger partial charge in [0, 0.05) is 18.1 Å². The van der Waals surface area contributed by atoms with Gasteiger partial charge in [0.25, 0.3) is 0 Å². The lowest BCUT2D eigenvalue weighted by atomic mass is 10.0. The van der Waals surface area contributed by atoms with E-state index in [0.717, 1.165) is 6.42 Å². The molecule has 0 spiro atoms. The van der Waals surface area contributed by atoms with Gasteiger partial charge in [-0.05, 0) is 54.3 Å². The fourth-order valence-electron chi connectivity index (χ4n) is 1.57. The number of hydrogen-bond acceptors (Lipinski definition) is 3. The van der Waals surface area contributed by atoms with Gasteiger partial charge in [0.05, 0.1) is 0 Å². The third kappa shape index (κ3) is 7.77. The molecule has 3 heteroatoms. The zero-order valence-corrected chi connectivity index (χ0v) is 11.0. The quantitative estimate of drug-likeness (QED) is 0.544. The highest BCUT2D eigenvalue weighted by Crippen LogP contribution is 2.14. The van der Waals surface area contributed by atoms with Gasteiger partial charge in [0.1, 0.15) is 0 Å². The van der Waals surface area contributed by atoms with Crippen molar-refractivity contribution >= 4 is 0 Å². The van der Waals surface area contributed by atoms with Crippen molar-refractivity contribution < 1.29 is 0 Å². The van der Waals surface area contributed by atoms with E-state index >= 15 is 0 Å². The SMILES string of the molecule is CN[C](CCCC(C)NC)CC(C)NC. The predicted octanol–water partition coefficient (Wildman–Crippen LogP) is 1.51. The van der Waals surface area contributed by atoms with E-state index in [1.165, 1.54) is 25.3 Å². The molecule has 0 aliphatic carbocycles. The van der Waals surface area contributed by atoms with Crippen molar-refractivity contribution in [2.45, 2.75) is 51.6 Å². The third-order valence-electron chi connectivity index (χ3n) is 3.01. The largest absolute Gasteiger partial charge is 0.317 e. The van der Waals surface area contributed by atoms with Gasteiger partial charge in [-0.15, -0.1) is 0 Å². The maximum Gasteiger partial charge on any atom is 0.0376 e. The van der Waals surface area contributed by atoms with Gasteiger partial charge >= 0.3 is 0 Å². The minimum Gasteiger partial charge on any atom is -0.317 e. The van der Waals surface area contributed by atoms with Crippen molar-refractivity contribution in [3.63, 3.8) is 0 Å². The first-order valence-corrected chi connectivity index (χ1v) is 6.01. The Labute approximate surface area is 95.4 Å². The molecule has 0 aromatic heterocycles. The molecule has 0 rings (SSSR count). The summed E-state index contributed by atoms with van der Waals surface area (Å²) < 4.78 is 0. The van der Waals surface area contributed by atoms with Gasteiger partial charge < -0.3 is 16.0 Å². The van der Waals surface area contributed by atoms with Crippen LogP contribution in [0.5, 0.6) is 0 Å². The molecule has 3 N–H and O–H groups in total. The van der Waals surface area contributed by atoms with Crippen molar-refractivity contribution in [2.24, 2.45) is 0 Å². The van der Waals surface area contributed by atoms with Crippen molar-refractivity contribution in [1.82, 2.24) is 16.0 Å². The van der Waals surface area contributed by atoms with E-state index in [9.17, 15) is 0 Å². The van der Waals surface area contributed by atoms with Crippen LogP contribution in [0.1, 0.15) is 39.5 Å². The van der Waals surface area contributed by atoms with E-state index in [4.69, 9.17) is 0 Å². The van der Waals surface area contributed by atoms with Crippen LogP contribution in [0.3, 0.4) is 0 Å². The van der Waals surface area contributed by atoms with Crippen LogP contribution >= 0.6 is 0 Å². The molecule has 0 aliphatic rings. The molecule has 15 heavy (non-hydrogen) atoms. The van der Waals surface area contributed by atoms with Crippen LogP contribution in [0, 0.1) is 6.04 Å². The second-order valence-electron chi connectivity index (χ2n) is 4.33. The van der Waals surface area contributed by atoms with Crippen LogP contribution in [0.2, 0.25) is 0 Å². The Bertz CT molecular complexity index is 139. The Balaban J connectivity index is 3.61. The fraction of sp³-hybridized carbons (Fsp3) is 0.917. The second kappa shape index (κ2) is 9.13. The van der Waals surface area contributed by atoms with Crippen LogP contribution < -0.4 is 16.0 Å². The van der Waals surface area contributed by atoms with Crippen molar-refractivity contribution in [3.05, 3.63) is 6.04 Å². The molecule has 0 bridgehead atoms. The van der Waals surface area contributed by atoms with Crippen LogP contribution in [0.25, 0.3) is 0 Å². The molecule has 0 heterocycles. The molecular weight excluding hydrogens is 186 g/mol. The molecule has 1 radical (unpaired) electrons. The minimum atomic E-state index is 0.564. The molecule has 91 valence electrons. The lowest BCUT2D eigenvalue weighted by molar-refractivity contribution is 0.478. The molecule has 2 unspecified atom stereocenters. The Morgan fingerprint density at radius 3 is 2.07 bits per heavy atom. The number of nitrogens with one attached hydrogen (secondary N) is 3. The average molecular weight is 214 g/mol. The fourth-order valence-corrected chi connectivity index (χ4v) is 1.57. The monoisotopic (exact) mass is 214 g/mol. The summed E-state index contributed by atoms with van der Waals surface area (Å²) in [6.07, 6.45) is 4.82. The highest BCUT2D eigenvalue weighted by atomic mass is 14.9. The zero-order chi connectivity index (χ0) is 11.7. The zero-order valence-electron chi connectivity index (χ0n) is 11.0. The number of hydrogen-bond donors (Lipinski definition) is 3. The summed E-state index contributed by atoms with van der Waals surface area (Å²) in [6, 6.07) is 2.65. The van der Waals surface area contributed by atoms with Gasteiger partial charge in [-0.1, -0.05) is 6.42 Å². The lowest BCUT2D eigenvalue weighted by Crippen LogP contribution is -2.29. The molecule has 0 aromatic carbocycles. The summed E-state index contributed by atoms with van der Waals surface area (Å²) in [5, 5.41) is 9.85. The standard InChI is InChI=1S/C12H28N3/c1-10(13-3)7-6-8-12(15-5)9-11(2)14-4/h10-11,13-15H,6-9H2,1-5H3. The molecule has 0 saturated heterocycles. The summed E-state index contributed by atoms with van der Waals surface area (Å²) in [5.74, 6) is 0. The molecule has 2 atom stereocenters. The average Bonchev–Trinajstić information content (AvgIpc) is 2.26. The van der Waals surface area contributed by atoms with Crippen LogP contribution in [-0.2, 0) is 0 Å². The van der Waals surface area contributed by atoms with Gasteiger partial charge in [-0.3, -0.25) is 0 Å². The molecule has 0 aromatic rings. The Kier molecular flexibility index (Phi) is 9.06. The van der Waals surface area contributed by atoms with E-state index < -0.39 is 0 Å². The van der Waals surface area contributed by atoms with E-state index in [1.807, 2.05) is 21.1 Å². The van der Waals surface area contributed by atoms with Gasteiger partial charge in [-0.25, -0.2) is 0 Å². The smallest absolute Gasteiger partial charge is 0.0376 e. The molecule has 3 nitrogen and oxygen atoms in total. The maximum atomic E-state index is 3.32. The molecule has 0 fully saturated rings. The van der Waals surface area contributed by atoms with Crippen LogP contribution in [0.4, 0.5) is 0 Å². The van der Waals surface area contributed by atoms with Crippen molar-refractivity contribution in [2.75, 3.05) is 21.1 Å². The van der Waals surface area contributed by atoms with Gasteiger partial charge in [0.15, 0.2) is 0 Å². The van der Waals surface area contributed by atoms with Gasteiger partial charge in [-0.2, -0.15) is 0 Å². The highest BCUT2D eigenvalue weighted by Gasteiger charge is 2.11. The number of rotatable bonds is 9. The van der Waals surface area contributed by atoms with Gasteiger partial charge in [0.2, 0.25) is 0 Å². The molecule has 0 saturated carbocycles. The van der Waals surface area contributed by atoms with E-state index in [2.05, 4.69) is 29.8 Å². The van der Waals surface area contributed by atoms with E-state index in [-0.39, 0.29) is 0 Å². The Morgan fingerprint density at radius 1 is 1.00 bits per heavy atom. The van der Waals surface area contributed by atoms with E-state index in [0.29, 0.717) is 12.1 Å². The van der Waals surface area contributed by atoms with E-state index in [1.54, 1.807) is 0 Å². The Morgan fingerprint density at radius 2 is 1.60 bits per heavy atom. The van der Waals surface area contributed by atoms with Crippen molar-refractivity contribution in [3.8, 4) is 0 Å². The maximum absolute atomic E-state index is 3.32. The highest BCUT2D eigenvalue weighted by molar-refractivity contribution is 4.88. The molecule has 0 amide bonds. The first-order valence-electron chi connectivity index (χ1n) is 6.01. The lowest BCUT2D eigenvalue weighted by Gasteiger charge is -2.20. The topological polar surface area (TPSA) is 36.1 Å². The molecule has 0 aliphatic heterocycles. The van der Waals surface area contributed by atoms with Crippen molar-refractivity contribution in [1.29, 1.82) is 0 Å². The molecular formula is C12H28N3. The second-order valence-corrected chi connectivity index (χ2v) is 4.33. The van der Waals surface area contributed by atoms with Crippen LogP contribution in [0.15, 0.2) is 0 Å². The summed E-state index contributed by atoms with van der Waals surface area (Å²) >= 11 is 0. The first kappa shape index (κ1) is 14.9. The summed E-state index contributed by atoms with van der Waals surface area (Å²) in [6.45, 7) is 4.45. The normalized spacial score (nSPS) is 15.6. The summed E-state index contributed by atoms with van der Waals surface area (Å²) in [5.41, 5.74) is 0. The predicted molar refractivity (Wildman–Crippen MR) is 67.8 cm³/mol. The minimum absolute atomic E-state index is 0.564. The summed E-state index contributed by atoms with van der Waals surface area (Å²) in [4.78, 5) is 0. The first-order chi connectivity index (χ1) is 7.13. The third-order valence-corrected chi connectivity index (χ3v) is 3.01.